The molecule has 5 nitrogen and oxygen atoms in total. The van der Waals surface area contributed by atoms with Crippen molar-refractivity contribution in [3.8, 4) is 0 Å². The number of nitrogen functional groups attached to an aromatic ring is 1. The highest BCUT2D eigenvalue weighted by atomic mass is 16.2. The average molecular weight is 248 g/mol. The lowest BCUT2D eigenvalue weighted by Gasteiger charge is -2.16. The van der Waals surface area contributed by atoms with Crippen LogP contribution in [0.15, 0.2) is 18.2 Å². The first-order chi connectivity index (χ1) is 8.72. The quantitative estimate of drug-likeness (QED) is 0.612. The molecule has 0 spiro atoms. The first kappa shape index (κ1) is 12.8. The summed E-state index contributed by atoms with van der Waals surface area (Å²) in [6, 6.07) is 5.61. The van der Waals surface area contributed by atoms with E-state index in [0.29, 0.717) is 24.7 Å². The number of carbonyl (C=O) groups is 1. The van der Waals surface area contributed by atoms with Crippen LogP contribution in [0.25, 0.3) is 0 Å². The number of anilines is 1. The minimum Gasteiger partial charge on any atom is -0.336 e. The zero-order chi connectivity index (χ0) is 13.0. The number of likely N-dealkylation sites (tertiary alicyclic amines) is 1. The number of nitrogens with two attached hydrogens (primary N) is 1. The molecule has 1 aliphatic heterocycles. The van der Waals surface area contributed by atoms with Crippen LogP contribution in [0, 0.1) is 5.92 Å². The van der Waals surface area contributed by atoms with Gasteiger partial charge in [0, 0.05) is 13.0 Å². The largest absolute Gasteiger partial charge is 0.336 e. The third-order valence-electron chi connectivity index (χ3n) is 3.30. The Labute approximate surface area is 107 Å². The summed E-state index contributed by atoms with van der Waals surface area (Å²) in [6.07, 6.45) is 2.94. The normalized spacial score (nSPS) is 19.3. The number of nitrogens with one attached hydrogen (secondary N) is 1. The highest BCUT2D eigenvalue weighted by Crippen LogP contribution is 2.23. The lowest BCUT2D eigenvalue weighted by atomic mass is 10.0. The molecule has 0 aliphatic carbocycles. The lowest BCUT2D eigenvalue weighted by molar-refractivity contribution is -0.128. The van der Waals surface area contributed by atoms with Gasteiger partial charge in [-0.1, -0.05) is 19.4 Å². The molecule has 1 unspecified atom stereocenters. The van der Waals surface area contributed by atoms with E-state index >= 15 is 0 Å². The highest BCUT2D eigenvalue weighted by Gasteiger charge is 2.28. The minimum absolute atomic E-state index is 0.237. The molecular weight excluding hydrogens is 228 g/mol. The van der Waals surface area contributed by atoms with Gasteiger partial charge in [-0.3, -0.25) is 4.79 Å². The van der Waals surface area contributed by atoms with Crippen molar-refractivity contribution in [3.63, 3.8) is 0 Å². The summed E-state index contributed by atoms with van der Waals surface area (Å²) in [6.45, 7) is 3.59. The van der Waals surface area contributed by atoms with Crippen LogP contribution < -0.4 is 11.3 Å². The molecule has 98 valence electrons. The number of hydrogen-bond acceptors (Lipinski definition) is 4. The van der Waals surface area contributed by atoms with E-state index < -0.39 is 0 Å². The van der Waals surface area contributed by atoms with Crippen molar-refractivity contribution >= 4 is 11.7 Å². The molecule has 18 heavy (non-hydrogen) atoms. The van der Waals surface area contributed by atoms with E-state index in [9.17, 15) is 4.79 Å². The van der Waals surface area contributed by atoms with E-state index in [2.05, 4.69) is 17.3 Å². The van der Waals surface area contributed by atoms with Gasteiger partial charge in [0.05, 0.1) is 12.2 Å². The third kappa shape index (κ3) is 2.98. The van der Waals surface area contributed by atoms with Crippen molar-refractivity contribution in [2.24, 2.45) is 11.8 Å². The molecule has 0 bridgehead atoms. The summed E-state index contributed by atoms with van der Waals surface area (Å²) in [4.78, 5) is 18.1. The van der Waals surface area contributed by atoms with Gasteiger partial charge in [-0.15, -0.1) is 0 Å². The average Bonchev–Trinajstić information content (AvgIpc) is 2.70. The number of aromatic nitrogens is 1. The van der Waals surface area contributed by atoms with E-state index in [1.165, 1.54) is 0 Å². The zero-order valence-corrected chi connectivity index (χ0v) is 10.7. The minimum atomic E-state index is 0.237. The smallest absolute Gasteiger partial charge is 0.223 e. The molecule has 1 fully saturated rings. The van der Waals surface area contributed by atoms with Crippen LogP contribution in [0.1, 0.15) is 31.9 Å². The molecule has 0 saturated carbocycles. The second-order valence-electron chi connectivity index (χ2n) is 4.79. The summed E-state index contributed by atoms with van der Waals surface area (Å²) in [7, 11) is 0. The number of hydrogen-bond donors (Lipinski definition) is 2. The first-order valence-electron chi connectivity index (χ1n) is 6.43. The molecule has 0 radical (unpaired) electrons. The Morgan fingerprint density at radius 1 is 1.56 bits per heavy atom. The number of pyridine rings is 1. The molecule has 2 rings (SSSR count). The fourth-order valence-corrected chi connectivity index (χ4v) is 2.45. The monoisotopic (exact) mass is 248 g/mol. The molecule has 0 aromatic carbocycles. The summed E-state index contributed by atoms with van der Waals surface area (Å²) in [5.41, 5.74) is 3.39. The van der Waals surface area contributed by atoms with Crippen LogP contribution in [-0.2, 0) is 11.3 Å². The Kier molecular flexibility index (Phi) is 4.15. The van der Waals surface area contributed by atoms with Gasteiger partial charge in [0.25, 0.3) is 0 Å². The van der Waals surface area contributed by atoms with Crippen molar-refractivity contribution in [1.29, 1.82) is 0 Å². The highest BCUT2D eigenvalue weighted by molar-refractivity contribution is 5.78. The molecule has 2 heterocycles. The maximum Gasteiger partial charge on any atom is 0.223 e. The maximum atomic E-state index is 11.9. The summed E-state index contributed by atoms with van der Waals surface area (Å²) < 4.78 is 0. The van der Waals surface area contributed by atoms with Crippen LogP contribution >= 0.6 is 0 Å². The van der Waals surface area contributed by atoms with E-state index in [-0.39, 0.29) is 5.91 Å². The Bertz CT molecular complexity index is 421. The van der Waals surface area contributed by atoms with Crippen LogP contribution in [0.3, 0.4) is 0 Å². The summed E-state index contributed by atoms with van der Waals surface area (Å²) >= 11 is 0. The number of carbonyl (C=O) groups excluding carboxylic acids is 1. The first-order valence-corrected chi connectivity index (χ1v) is 6.43. The van der Waals surface area contributed by atoms with E-state index in [1.54, 1.807) is 6.07 Å². The lowest BCUT2D eigenvalue weighted by Crippen LogP contribution is -2.25. The molecule has 5 heteroatoms. The van der Waals surface area contributed by atoms with Gasteiger partial charge in [-0.05, 0) is 24.5 Å². The van der Waals surface area contributed by atoms with Crippen molar-refractivity contribution in [2.75, 3.05) is 12.0 Å². The topological polar surface area (TPSA) is 71.2 Å². The van der Waals surface area contributed by atoms with Crippen molar-refractivity contribution in [2.45, 2.75) is 32.7 Å². The van der Waals surface area contributed by atoms with Gasteiger partial charge in [0.1, 0.15) is 5.82 Å². The molecule has 1 aromatic rings. The van der Waals surface area contributed by atoms with Crippen LogP contribution in [-0.4, -0.2) is 22.3 Å². The second-order valence-corrected chi connectivity index (χ2v) is 4.79. The van der Waals surface area contributed by atoms with E-state index in [4.69, 9.17) is 5.84 Å². The fourth-order valence-electron chi connectivity index (χ4n) is 2.45. The van der Waals surface area contributed by atoms with Gasteiger partial charge in [0.2, 0.25) is 5.91 Å². The Morgan fingerprint density at radius 2 is 2.39 bits per heavy atom. The number of nitrogens with zero attached hydrogens (tertiary/aromatic N) is 2. The SMILES string of the molecule is CCCC1CC(=O)N(Cc2cccc(NN)n2)C1. The molecule has 1 saturated heterocycles. The van der Waals surface area contributed by atoms with Gasteiger partial charge in [0.15, 0.2) is 0 Å². The Balaban J connectivity index is 1.98. The van der Waals surface area contributed by atoms with Crippen LogP contribution in [0.2, 0.25) is 0 Å². The molecular formula is C13H20N4O. The maximum absolute atomic E-state index is 11.9. The number of rotatable bonds is 5. The van der Waals surface area contributed by atoms with E-state index in [1.807, 2.05) is 17.0 Å². The molecule has 1 amide bonds. The van der Waals surface area contributed by atoms with Gasteiger partial charge in [-0.2, -0.15) is 0 Å². The molecule has 3 N–H and O–H groups in total. The molecule has 1 aliphatic rings. The molecule has 1 aromatic heterocycles. The van der Waals surface area contributed by atoms with E-state index in [0.717, 1.165) is 25.1 Å². The Morgan fingerprint density at radius 3 is 3.11 bits per heavy atom. The second kappa shape index (κ2) is 5.82. The van der Waals surface area contributed by atoms with Gasteiger partial charge < -0.3 is 10.3 Å². The van der Waals surface area contributed by atoms with Crippen LogP contribution in [0.5, 0.6) is 0 Å². The number of hydrazine groups is 1. The standard InChI is InChI=1S/C13H20N4O/c1-2-4-10-7-13(18)17(8-10)9-11-5-3-6-12(15-11)16-14/h3,5-6,10H,2,4,7-9,14H2,1H3,(H,15,16). The zero-order valence-electron chi connectivity index (χ0n) is 10.7. The fraction of sp³-hybridized carbons (Fsp3) is 0.538. The predicted molar refractivity (Wildman–Crippen MR) is 70.5 cm³/mol. The summed E-state index contributed by atoms with van der Waals surface area (Å²) in [5.74, 6) is 6.70. The summed E-state index contributed by atoms with van der Waals surface area (Å²) in [5, 5.41) is 0. The van der Waals surface area contributed by atoms with Crippen molar-refractivity contribution in [3.05, 3.63) is 23.9 Å². The Hall–Kier alpha value is -1.62. The predicted octanol–water partition coefficient (Wildman–Crippen LogP) is 1.52. The molecule has 1 atom stereocenters. The van der Waals surface area contributed by atoms with Gasteiger partial charge in [-0.25, -0.2) is 10.8 Å². The number of amides is 1. The third-order valence-corrected chi connectivity index (χ3v) is 3.30. The van der Waals surface area contributed by atoms with Crippen molar-refractivity contribution in [1.82, 2.24) is 9.88 Å². The van der Waals surface area contributed by atoms with Crippen LogP contribution in [0.4, 0.5) is 5.82 Å². The van der Waals surface area contributed by atoms with Gasteiger partial charge >= 0.3 is 0 Å². The van der Waals surface area contributed by atoms with Crippen molar-refractivity contribution < 1.29 is 4.79 Å².